The van der Waals surface area contributed by atoms with Crippen molar-refractivity contribution < 1.29 is 64.3 Å². The van der Waals surface area contributed by atoms with Crippen molar-refractivity contribution in [2.75, 3.05) is 11.4 Å². The summed E-state index contributed by atoms with van der Waals surface area (Å²) in [5.41, 5.74) is -0.656. The van der Waals surface area contributed by atoms with Crippen LogP contribution in [0.3, 0.4) is 0 Å². The minimum atomic E-state index is -4.54. The SMILES string of the molecule is CCSC[B-](F)(F)F.[K+]. The molecule has 0 bridgehead atoms. The summed E-state index contributed by atoms with van der Waals surface area (Å²) in [7, 11) is 0. The predicted molar refractivity (Wildman–Crippen MR) is 32.1 cm³/mol. The Balaban J connectivity index is 0. The van der Waals surface area contributed by atoms with Gasteiger partial charge in [-0.25, -0.2) is 0 Å². The maximum absolute atomic E-state index is 11.3. The molecule has 0 aliphatic rings. The van der Waals surface area contributed by atoms with E-state index in [9.17, 15) is 12.9 Å². The quantitative estimate of drug-likeness (QED) is 0.511. The predicted octanol–water partition coefficient (Wildman–Crippen LogP) is -0.870. The van der Waals surface area contributed by atoms with Crippen LogP contribution in [0.2, 0.25) is 0 Å². The number of halogens is 3. The maximum Gasteiger partial charge on any atom is 1.00 e. The van der Waals surface area contributed by atoms with Gasteiger partial charge in [-0.3, -0.25) is 0 Å². The molecule has 0 aromatic heterocycles. The maximum atomic E-state index is 11.3. The Bertz CT molecular complexity index is 66.6. The Labute approximate surface area is 99.8 Å². The molecule has 0 atom stereocenters. The minimum Gasteiger partial charge on any atom is -0.448 e. The van der Waals surface area contributed by atoms with Gasteiger partial charge in [0.1, 0.15) is 0 Å². The van der Waals surface area contributed by atoms with Gasteiger partial charge in [-0.2, -0.15) is 11.8 Å². The summed E-state index contributed by atoms with van der Waals surface area (Å²) in [6.07, 6.45) is 0. The molecular weight excluding hydrogens is 175 g/mol. The Kier molecular flexibility index (Phi) is 9.77. The first-order valence-corrected chi connectivity index (χ1v) is 3.50. The molecule has 0 heterocycles. The fourth-order valence-electron chi connectivity index (χ4n) is 0.251. The van der Waals surface area contributed by atoms with Crippen LogP contribution in [0.4, 0.5) is 12.9 Å². The molecule has 0 radical (unpaired) electrons. The second-order valence-electron chi connectivity index (χ2n) is 1.37. The van der Waals surface area contributed by atoms with Crippen molar-refractivity contribution in [3.8, 4) is 0 Å². The molecule has 0 aliphatic heterocycles. The van der Waals surface area contributed by atoms with Gasteiger partial charge in [0.2, 0.25) is 0 Å². The Morgan fingerprint density at radius 2 is 1.78 bits per heavy atom. The van der Waals surface area contributed by atoms with Crippen molar-refractivity contribution in [2.45, 2.75) is 6.92 Å². The zero-order chi connectivity index (χ0) is 6.62. The Morgan fingerprint density at radius 1 is 1.33 bits per heavy atom. The van der Waals surface area contributed by atoms with Gasteiger partial charge in [0.05, 0.1) is 0 Å². The van der Waals surface area contributed by atoms with Gasteiger partial charge >= 0.3 is 58.4 Å². The van der Waals surface area contributed by atoms with E-state index in [0.29, 0.717) is 5.75 Å². The minimum absolute atomic E-state index is 0. The van der Waals surface area contributed by atoms with Crippen LogP contribution in [0.25, 0.3) is 0 Å². The first kappa shape index (κ1) is 13.4. The van der Waals surface area contributed by atoms with Crippen molar-refractivity contribution in [1.29, 1.82) is 0 Å². The summed E-state index contributed by atoms with van der Waals surface area (Å²) >= 11 is 0.918. The van der Waals surface area contributed by atoms with Gasteiger partial charge in [-0.15, -0.1) is 0 Å². The van der Waals surface area contributed by atoms with Crippen LogP contribution in [0.5, 0.6) is 0 Å². The van der Waals surface area contributed by atoms with Crippen LogP contribution in [-0.4, -0.2) is 18.4 Å². The molecule has 0 aromatic rings. The molecule has 6 heteroatoms. The van der Waals surface area contributed by atoms with E-state index in [1.807, 2.05) is 0 Å². The van der Waals surface area contributed by atoms with Gasteiger partial charge in [0.25, 0.3) is 0 Å². The third kappa shape index (κ3) is 12.9. The third-order valence-electron chi connectivity index (χ3n) is 0.511. The summed E-state index contributed by atoms with van der Waals surface area (Å²) in [5.74, 6) is 0.543. The van der Waals surface area contributed by atoms with E-state index in [1.165, 1.54) is 0 Å². The average Bonchev–Trinajstić information content (AvgIpc) is 1.59. The van der Waals surface area contributed by atoms with E-state index in [2.05, 4.69) is 0 Å². The second kappa shape index (κ2) is 6.55. The molecule has 0 saturated heterocycles. The molecule has 0 nitrogen and oxygen atoms in total. The van der Waals surface area contributed by atoms with Crippen molar-refractivity contribution in [1.82, 2.24) is 0 Å². The molecule has 0 unspecified atom stereocenters. The van der Waals surface area contributed by atoms with Gasteiger partial charge in [-0.1, -0.05) is 6.92 Å². The van der Waals surface area contributed by atoms with E-state index in [4.69, 9.17) is 0 Å². The molecule has 50 valence electrons. The van der Waals surface area contributed by atoms with Gasteiger partial charge in [0.15, 0.2) is 0 Å². The number of hydrogen-bond acceptors (Lipinski definition) is 1. The third-order valence-corrected chi connectivity index (χ3v) is 1.53. The monoisotopic (exact) mass is 182 g/mol. The first-order valence-electron chi connectivity index (χ1n) is 2.35. The van der Waals surface area contributed by atoms with Crippen LogP contribution in [-0.2, 0) is 0 Å². The normalized spacial score (nSPS) is 10.7. The largest absolute Gasteiger partial charge is 1.00 e. The van der Waals surface area contributed by atoms with Crippen LogP contribution >= 0.6 is 11.8 Å². The summed E-state index contributed by atoms with van der Waals surface area (Å²) in [6, 6.07) is 0. The summed E-state index contributed by atoms with van der Waals surface area (Å²) in [4.78, 5) is 0. The average molecular weight is 182 g/mol. The summed E-state index contributed by atoms with van der Waals surface area (Å²) < 4.78 is 33.9. The molecule has 0 saturated carbocycles. The zero-order valence-electron chi connectivity index (χ0n) is 5.53. The van der Waals surface area contributed by atoms with Crippen molar-refractivity contribution >= 4 is 18.7 Å². The molecule has 0 fully saturated rings. The van der Waals surface area contributed by atoms with Crippen LogP contribution in [0.1, 0.15) is 6.92 Å². The molecule has 0 amide bonds. The van der Waals surface area contributed by atoms with E-state index >= 15 is 0 Å². The first-order chi connectivity index (χ1) is 3.56. The number of thioether (sulfide) groups is 1. The molecular formula is C3H7BF3KS. The Hall–Kier alpha value is 1.84. The second-order valence-corrected chi connectivity index (χ2v) is 2.69. The number of rotatable bonds is 3. The van der Waals surface area contributed by atoms with Crippen molar-refractivity contribution in [3.05, 3.63) is 0 Å². The zero-order valence-corrected chi connectivity index (χ0v) is 9.47. The summed E-state index contributed by atoms with van der Waals surface area (Å²) in [5, 5.41) is 0. The number of hydrogen-bond donors (Lipinski definition) is 0. The van der Waals surface area contributed by atoms with E-state index in [0.717, 1.165) is 11.8 Å². The molecule has 0 rings (SSSR count). The molecule has 0 aliphatic carbocycles. The molecule has 0 aromatic carbocycles. The molecule has 0 N–H and O–H groups in total. The standard InChI is InChI=1S/C3H7BF3S.K/c1-2-8-3-4(5,6)7;/h2-3H2,1H3;/q-1;+1. The van der Waals surface area contributed by atoms with Crippen LogP contribution < -0.4 is 51.4 Å². The fraction of sp³-hybridized carbons (Fsp3) is 1.00. The van der Waals surface area contributed by atoms with Gasteiger partial charge in [0, 0.05) is 0 Å². The van der Waals surface area contributed by atoms with Crippen molar-refractivity contribution in [3.63, 3.8) is 0 Å². The molecule has 0 spiro atoms. The van der Waals surface area contributed by atoms with Crippen LogP contribution in [0, 0.1) is 0 Å². The van der Waals surface area contributed by atoms with E-state index in [1.54, 1.807) is 6.92 Å². The van der Waals surface area contributed by atoms with Gasteiger partial charge in [-0.05, 0) is 11.4 Å². The topological polar surface area (TPSA) is 0 Å². The van der Waals surface area contributed by atoms with Crippen LogP contribution in [0.15, 0.2) is 0 Å². The summed E-state index contributed by atoms with van der Waals surface area (Å²) in [6.45, 7) is -2.82. The van der Waals surface area contributed by atoms with Crippen molar-refractivity contribution in [2.24, 2.45) is 0 Å². The van der Waals surface area contributed by atoms with E-state index in [-0.39, 0.29) is 51.4 Å². The van der Waals surface area contributed by atoms with E-state index < -0.39 is 12.6 Å². The smallest absolute Gasteiger partial charge is 0.448 e. The Morgan fingerprint density at radius 3 is 1.89 bits per heavy atom. The van der Waals surface area contributed by atoms with Gasteiger partial charge < -0.3 is 12.9 Å². The molecule has 9 heavy (non-hydrogen) atoms. The fourth-order valence-corrected chi connectivity index (χ4v) is 0.754.